The Morgan fingerprint density at radius 1 is 1.05 bits per heavy atom. The zero-order valence-electron chi connectivity index (χ0n) is 22.2. The van der Waals surface area contributed by atoms with Gasteiger partial charge >= 0.3 is 5.97 Å². The van der Waals surface area contributed by atoms with Crippen LogP contribution in [-0.4, -0.2) is 30.9 Å². The SMILES string of the molecule is Cc1cc(Br)c(Cl)cc1NC(=O)COC(=O)[C@@H]1CC(=O)N(c2ccc(Oc3ccc(C(C)(C)C)cc3)cc2)C1. The first kappa shape index (κ1) is 28.6. The lowest BCUT2D eigenvalue weighted by Crippen LogP contribution is -2.28. The summed E-state index contributed by atoms with van der Waals surface area (Å²) in [6.07, 6.45) is 0.0141. The van der Waals surface area contributed by atoms with Gasteiger partial charge in [0.2, 0.25) is 5.91 Å². The number of halogens is 2. The molecule has 0 unspecified atom stereocenters. The molecule has 1 heterocycles. The smallest absolute Gasteiger partial charge is 0.311 e. The molecule has 1 fully saturated rings. The molecule has 0 aromatic heterocycles. The van der Waals surface area contributed by atoms with Crippen molar-refractivity contribution in [2.45, 2.75) is 39.5 Å². The highest BCUT2D eigenvalue weighted by Crippen LogP contribution is 2.31. The van der Waals surface area contributed by atoms with Crippen molar-refractivity contribution in [2.24, 2.45) is 5.92 Å². The Kier molecular flexibility index (Phi) is 8.67. The predicted octanol–water partition coefficient (Wildman–Crippen LogP) is 7.04. The number of ether oxygens (including phenoxy) is 2. The van der Waals surface area contributed by atoms with Crippen molar-refractivity contribution in [1.29, 1.82) is 0 Å². The average molecular weight is 614 g/mol. The van der Waals surface area contributed by atoms with Gasteiger partial charge in [0.1, 0.15) is 11.5 Å². The summed E-state index contributed by atoms with van der Waals surface area (Å²) in [7, 11) is 0. The van der Waals surface area contributed by atoms with E-state index < -0.39 is 24.4 Å². The molecule has 0 bridgehead atoms. The highest BCUT2D eigenvalue weighted by molar-refractivity contribution is 9.10. The largest absolute Gasteiger partial charge is 0.457 e. The Morgan fingerprint density at radius 3 is 2.28 bits per heavy atom. The third-order valence-electron chi connectivity index (χ3n) is 6.45. The molecule has 0 spiro atoms. The number of benzene rings is 3. The number of carbonyl (C=O) groups excluding carboxylic acids is 3. The first-order valence-electron chi connectivity index (χ1n) is 12.5. The zero-order valence-corrected chi connectivity index (χ0v) is 24.6. The van der Waals surface area contributed by atoms with Crippen LogP contribution in [0, 0.1) is 12.8 Å². The van der Waals surface area contributed by atoms with Gasteiger partial charge in [-0.1, -0.05) is 44.5 Å². The van der Waals surface area contributed by atoms with Crippen LogP contribution < -0.4 is 15.0 Å². The molecule has 204 valence electrons. The van der Waals surface area contributed by atoms with Crippen molar-refractivity contribution >= 4 is 56.7 Å². The van der Waals surface area contributed by atoms with Crippen LogP contribution in [0.25, 0.3) is 0 Å². The van der Waals surface area contributed by atoms with Gasteiger partial charge in [-0.05, 0) is 87.9 Å². The maximum atomic E-state index is 12.6. The first-order valence-corrected chi connectivity index (χ1v) is 13.7. The highest BCUT2D eigenvalue weighted by atomic mass is 79.9. The van der Waals surface area contributed by atoms with E-state index in [-0.39, 0.29) is 24.3 Å². The molecule has 0 radical (unpaired) electrons. The van der Waals surface area contributed by atoms with Gasteiger partial charge in [-0.25, -0.2) is 0 Å². The van der Waals surface area contributed by atoms with E-state index in [1.165, 1.54) is 5.56 Å². The van der Waals surface area contributed by atoms with Crippen LogP contribution in [0.15, 0.2) is 65.1 Å². The summed E-state index contributed by atoms with van der Waals surface area (Å²) in [6.45, 7) is 8.01. The van der Waals surface area contributed by atoms with Crippen LogP contribution in [0.5, 0.6) is 11.5 Å². The van der Waals surface area contributed by atoms with Crippen LogP contribution in [0.4, 0.5) is 11.4 Å². The molecule has 3 aromatic carbocycles. The molecular weight excluding hydrogens is 584 g/mol. The number of carbonyl (C=O) groups is 3. The number of nitrogens with zero attached hydrogens (tertiary/aromatic N) is 1. The van der Waals surface area contributed by atoms with E-state index in [1.54, 1.807) is 41.3 Å². The van der Waals surface area contributed by atoms with Crippen LogP contribution in [-0.2, 0) is 24.5 Å². The fourth-order valence-electron chi connectivity index (χ4n) is 4.19. The molecular formula is C30H30BrClN2O5. The number of nitrogens with one attached hydrogen (secondary N) is 1. The fourth-order valence-corrected chi connectivity index (χ4v) is 4.81. The lowest BCUT2D eigenvalue weighted by Gasteiger charge is -2.19. The Morgan fingerprint density at radius 2 is 1.67 bits per heavy atom. The number of aryl methyl sites for hydroxylation is 1. The maximum absolute atomic E-state index is 12.6. The van der Waals surface area contributed by atoms with Crippen molar-refractivity contribution in [3.05, 3.63) is 81.3 Å². The second-order valence-electron chi connectivity index (χ2n) is 10.5. The van der Waals surface area contributed by atoms with Crippen molar-refractivity contribution in [3.8, 4) is 11.5 Å². The van der Waals surface area contributed by atoms with E-state index in [0.29, 0.717) is 22.1 Å². The van der Waals surface area contributed by atoms with E-state index >= 15 is 0 Å². The van der Waals surface area contributed by atoms with Crippen molar-refractivity contribution in [2.75, 3.05) is 23.4 Å². The van der Waals surface area contributed by atoms with Gasteiger partial charge in [0.05, 0.1) is 10.9 Å². The van der Waals surface area contributed by atoms with E-state index in [0.717, 1.165) is 15.8 Å². The van der Waals surface area contributed by atoms with Gasteiger partial charge in [0.25, 0.3) is 5.91 Å². The number of rotatable bonds is 7. The Labute approximate surface area is 241 Å². The lowest BCUT2D eigenvalue weighted by atomic mass is 9.87. The normalized spacial score (nSPS) is 15.3. The summed E-state index contributed by atoms with van der Waals surface area (Å²) in [6, 6.07) is 18.5. The third-order valence-corrected chi connectivity index (χ3v) is 7.65. The molecule has 1 saturated heterocycles. The molecule has 0 saturated carbocycles. The van der Waals surface area contributed by atoms with E-state index in [2.05, 4.69) is 42.0 Å². The fraction of sp³-hybridized carbons (Fsp3) is 0.300. The minimum Gasteiger partial charge on any atom is -0.457 e. The summed E-state index contributed by atoms with van der Waals surface area (Å²) in [5, 5.41) is 3.14. The summed E-state index contributed by atoms with van der Waals surface area (Å²) >= 11 is 9.43. The minimum atomic E-state index is -0.661. The molecule has 7 nitrogen and oxygen atoms in total. The number of hydrogen-bond acceptors (Lipinski definition) is 5. The molecule has 3 aromatic rings. The number of hydrogen-bond donors (Lipinski definition) is 1. The van der Waals surface area contributed by atoms with Crippen LogP contribution in [0.2, 0.25) is 5.02 Å². The van der Waals surface area contributed by atoms with Gasteiger partial charge < -0.3 is 19.7 Å². The maximum Gasteiger partial charge on any atom is 0.311 e. The summed E-state index contributed by atoms with van der Waals surface area (Å²) < 4.78 is 11.9. The summed E-state index contributed by atoms with van der Waals surface area (Å²) in [5.41, 5.74) is 3.27. The van der Waals surface area contributed by atoms with Gasteiger partial charge in [0, 0.05) is 28.8 Å². The van der Waals surface area contributed by atoms with Crippen LogP contribution in [0.1, 0.15) is 38.3 Å². The number of anilines is 2. The Hall–Kier alpha value is -3.36. The van der Waals surface area contributed by atoms with Crippen molar-refractivity contribution < 1.29 is 23.9 Å². The third kappa shape index (κ3) is 7.19. The number of esters is 1. The molecule has 2 amide bonds. The zero-order chi connectivity index (χ0) is 28.3. The van der Waals surface area contributed by atoms with Gasteiger partial charge in [-0.15, -0.1) is 0 Å². The molecule has 1 atom stereocenters. The minimum absolute atomic E-state index is 0.0141. The van der Waals surface area contributed by atoms with Gasteiger partial charge in [-0.3, -0.25) is 14.4 Å². The Balaban J connectivity index is 1.30. The Bertz CT molecular complexity index is 1380. The van der Waals surface area contributed by atoms with Crippen LogP contribution >= 0.6 is 27.5 Å². The molecule has 4 rings (SSSR count). The molecule has 9 heteroatoms. The summed E-state index contributed by atoms with van der Waals surface area (Å²) in [4.78, 5) is 39.1. The second kappa shape index (κ2) is 11.8. The van der Waals surface area contributed by atoms with E-state index in [9.17, 15) is 14.4 Å². The molecule has 1 N–H and O–H groups in total. The van der Waals surface area contributed by atoms with Crippen LogP contribution in [0.3, 0.4) is 0 Å². The van der Waals surface area contributed by atoms with E-state index in [4.69, 9.17) is 21.1 Å². The summed E-state index contributed by atoms with van der Waals surface area (Å²) in [5.74, 6) is -0.573. The van der Waals surface area contributed by atoms with Gasteiger partial charge in [0.15, 0.2) is 6.61 Å². The monoisotopic (exact) mass is 612 g/mol. The second-order valence-corrected chi connectivity index (χ2v) is 11.8. The predicted molar refractivity (Wildman–Crippen MR) is 156 cm³/mol. The quantitative estimate of drug-likeness (QED) is 0.289. The van der Waals surface area contributed by atoms with Gasteiger partial charge in [-0.2, -0.15) is 0 Å². The number of amides is 2. The van der Waals surface area contributed by atoms with Crippen molar-refractivity contribution in [3.63, 3.8) is 0 Å². The molecule has 1 aliphatic rings. The highest BCUT2D eigenvalue weighted by Gasteiger charge is 2.36. The molecule has 1 aliphatic heterocycles. The average Bonchev–Trinajstić information content (AvgIpc) is 3.27. The standard InChI is InChI=1S/C30H30BrClN2O5/c1-18-13-24(31)25(32)15-26(18)33-27(35)17-38-29(37)19-14-28(36)34(16-19)21-7-11-23(12-8-21)39-22-9-5-20(6-10-22)30(2,3)4/h5-13,15,19H,14,16-17H2,1-4H3,(H,33,35)/t19-/m1/s1. The molecule has 39 heavy (non-hydrogen) atoms. The van der Waals surface area contributed by atoms with E-state index in [1.807, 2.05) is 31.2 Å². The topological polar surface area (TPSA) is 84.9 Å². The first-order chi connectivity index (χ1) is 18.4. The lowest BCUT2D eigenvalue weighted by molar-refractivity contribution is -0.151. The van der Waals surface area contributed by atoms with Crippen molar-refractivity contribution in [1.82, 2.24) is 0 Å². The molecule has 0 aliphatic carbocycles.